The fourth-order valence-electron chi connectivity index (χ4n) is 1.79. The SMILES string of the molecule is CCCC(NCC)C(CC)Sc1nncs1. The highest BCUT2D eigenvalue weighted by Crippen LogP contribution is 2.29. The summed E-state index contributed by atoms with van der Waals surface area (Å²) < 4.78 is 1.09. The van der Waals surface area contributed by atoms with Gasteiger partial charge in [-0.3, -0.25) is 0 Å². The van der Waals surface area contributed by atoms with Crippen LogP contribution in [0.15, 0.2) is 9.85 Å². The average molecular weight is 259 g/mol. The molecule has 1 N–H and O–H groups in total. The van der Waals surface area contributed by atoms with E-state index < -0.39 is 0 Å². The number of aromatic nitrogens is 2. The predicted octanol–water partition coefficient (Wildman–Crippen LogP) is 3.19. The van der Waals surface area contributed by atoms with Crippen molar-refractivity contribution in [3.8, 4) is 0 Å². The third-order valence-corrected chi connectivity index (χ3v) is 4.82. The Morgan fingerprint density at radius 1 is 1.44 bits per heavy atom. The molecule has 1 aromatic heterocycles. The smallest absolute Gasteiger partial charge is 0.174 e. The number of nitrogens with zero attached hydrogens (tertiary/aromatic N) is 2. The minimum absolute atomic E-state index is 0.592. The normalized spacial score (nSPS) is 14.9. The Balaban J connectivity index is 2.55. The van der Waals surface area contributed by atoms with E-state index in [4.69, 9.17) is 0 Å². The van der Waals surface area contributed by atoms with Crippen LogP contribution in [-0.4, -0.2) is 28.0 Å². The summed E-state index contributed by atoms with van der Waals surface area (Å²) >= 11 is 3.50. The second kappa shape index (κ2) is 8.03. The van der Waals surface area contributed by atoms with Crippen LogP contribution in [0.1, 0.15) is 40.0 Å². The van der Waals surface area contributed by atoms with Crippen LogP contribution in [-0.2, 0) is 0 Å². The van der Waals surface area contributed by atoms with Gasteiger partial charge in [-0.2, -0.15) is 0 Å². The lowest BCUT2D eigenvalue weighted by atomic mass is 10.1. The maximum Gasteiger partial charge on any atom is 0.174 e. The second-order valence-electron chi connectivity index (χ2n) is 3.72. The Labute approximate surface area is 106 Å². The third-order valence-electron chi connectivity index (χ3n) is 2.51. The Hall–Kier alpha value is -0.130. The van der Waals surface area contributed by atoms with Crippen molar-refractivity contribution >= 4 is 23.1 Å². The average Bonchev–Trinajstić information content (AvgIpc) is 2.78. The molecule has 92 valence electrons. The highest BCUT2D eigenvalue weighted by atomic mass is 32.2. The first-order chi connectivity index (χ1) is 7.81. The summed E-state index contributed by atoms with van der Waals surface area (Å²) in [4.78, 5) is 0. The van der Waals surface area contributed by atoms with Gasteiger partial charge in [0.2, 0.25) is 0 Å². The maximum atomic E-state index is 4.11. The van der Waals surface area contributed by atoms with Crippen LogP contribution in [0.2, 0.25) is 0 Å². The lowest BCUT2D eigenvalue weighted by Crippen LogP contribution is -2.37. The van der Waals surface area contributed by atoms with Gasteiger partial charge in [0.1, 0.15) is 5.51 Å². The molecule has 0 bridgehead atoms. The van der Waals surface area contributed by atoms with E-state index in [0.29, 0.717) is 11.3 Å². The molecule has 0 fully saturated rings. The molecule has 2 unspecified atom stereocenters. The highest BCUT2D eigenvalue weighted by molar-refractivity contribution is 8.01. The first-order valence-corrected chi connectivity index (χ1v) is 7.73. The molecule has 3 nitrogen and oxygen atoms in total. The quantitative estimate of drug-likeness (QED) is 0.728. The van der Waals surface area contributed by atoms with Crippen molar-refractivity contribution in [2.45, 2.75) is 55.7 Å². The summed E-state index contributed by atoms with van der Waals surface area (Å²) in [5.41, 5.74) is 1.80. The van der Waals surface area contributed by atoms with Gasteiger partial charge in [-0.05, 0) is 19.4 Å². The Bertz CT molecular complexity index is 258. The van der Waals surface area contributed by atoms with E-state index in [1.54, 1.807) is 16.8 Å². The molecule has 5 heteroatoms. The van der Waals surface area contributed by atoms with Crippen molar-refractivity contribution in [3.05, 3.63) is 5.51 Å². The van der Waals surface area contributed by atoms with E-state index in [2.05, 4.69) is 36.3 Å². The zero-order chi connectivity index (χ0) is 11.8. The van der Waals surface area contributed by atoms with E-state index in [1.807, 2.05) is 11.8 Å². The molecule has 16 heavy (non-hydrogen) atoms. The molecule has 0 aliphatic carbocycles. The van der Waals surface area contributed by atoms with Crippen LogP contribution in [0, 0.1) is 0 Å². The van der Waals surface area contributed by atoms with Crippen LogP contribution in [0.25, 0.3) is 0 Å². The molecule has 0 saturated heterocycles. The summed E-state index contributed by atoms with van der Waals surface area (Å²) in [5, 5.41) is 12.2. The summed E-state index contributed by atoms with van der Waals surface area (Å²) in [6, 6.07) is 0.592. The van der Waals surface area contributed by atoms with Crippen LogP contribution >= 0.6 is 23.1 Å². The second-order valence-corrected chi connectivity index (χ2v) is 6.04. The van der Waals surface area contributed by atoms with E-state index >= 15 is 0 Å². The van der Waals surface area contributed by atoms with Gasteiger partial charge in [-0.15, -0.1) is 10.2 Å². The van der Waals surface area contributed by atoms with Gasteiger partial charge < -0.3 is 5.32 Å². The van der Waals surface area contributed by atoms with E-state index in [1.165, 1.54) is 19.3 Å². The zero-order valence-electron chi connectivity index (χ0n) is 10.3. The number of thioether (sulfide) groups is 1. The molecular weight excluding hydrogens is 238 g/mol. The standard InChI is InChI=1S/C11H21N3S2/c1-4-7-9(12-6-3)10(5-2)16-11-14-13-8-15-11/h8-10,12H,4-7H2,1-3H3. The van der Waals surface area contributed by atoms with Gasteiger partial charge in [0.05, 0.1) is 0 Å². The first-order valence-electron chi connectivity index (χ1n) is 5.97. The lowest BCUT2D eigenvalue weighted by Gasteiger charge is -2.25. The van der Waals surface area contributed by atoms with E-state index in [9.17, 15) is 0 Å². The molecule has 0 spiro atoms. The molecule has 0 radical (unpaired) electrons. The first kappa shape index (κ1) is 13.9. The molecule has 0 saturated carbocycles. The van der Waals surface area contributed by atoms with Gasteiger partial charge >= 0.3 is 0 Å². The molecule has 1 rings (SSSR count). The van der Waals surface area contributed by atoms with Crippen molar-refractivity contribution in [1.82, 2.24) is 15.5 Å². The van der Waals surface area contributed by atoms with Gasteiger partial charge in [-0.1, -0.05) is 50.3 Å². The topological polar surface area (TPSA) is 37.8 Å². The lowest BCUT2D eigenvalue weighted by molar-refractivity contribution is 0.465. The van der Waals surface area contributed by atoms with Crippen LogP contribution in [0.3, 0.4) is 0 Å². The number of nitrogens with one attached hydrogen (secondary N) is 1. The fraction of sp³-hybridized carbons (Fsp3) is 0.818. The van der Waals surface area contributed by atoms with Crippen LogP contribution in [0.5, 0.6) is 0 Å². The van der Waals surface area contributed by atoms with Crippen LogP contribution in [0.4, 0.5) is 0 Å². The van der Waals surface area contributed by atoms with Crippen molar-refractivity contribution in [2.75, 3.05) is 6.54 Å². The van der Waals surface area contributed by atoms with E-state index in [0.717, 1.165) is 10.9 Å². The van der Waals surface area contributed by atoms with Gasteiger partial charge in [0.25, 0.3) is 0 Å². The van der Waals surface area contributed by atoms with Gasteiger partial charge in [0, 0.05) is 11.3 Å². The Morgan fingerprint density at radius 2 is 2.25 bits per heavy atom. The van der Waals surface area contributed by atoms with Gasteiger partial charge in [-0.25, -0.2) is 0 Å². The van der Waals surface area contributed by atoms with Crippen molar-refractivity contribution in [3.63, 3.8) is 0 Å². The summed E-state index contributed by atoms with van der Waals surface area (Å²) in [7, 11) is 0. The monoisotopic (exact) mass is 259 g/mol. The number of hydrogen-bond acceptors (Lipinski definition) is 5. The molecule has 1 aromatic rings. The molecule has 0 aliphatic heterocycles. The number of rotatable bonds is 8. The van der Waals surface area contributed by atoms with Gasteiger partial charge in [0.15, 0.2) is 4.34 Å². The summed E-state index contributed by atoms with van der Waals surface area (Å²) in [6.45, 7) is 7.70. The third kappa shape index (κ3) is 4.39. The van der Waals surface area contributed by atoms with Crippen LogP contribution < -0.4 is 5.32 Å². The Morgan fingerprint density at radius 3 is 2.75 bits per heavy atom. The molecular formula is C11H21N3S2. The van der Waals surface area contributed by atoms with Crippen molar-refractivity contribution in [2.24, 2.45) is 0 Å². The maximum absolute atomic E-state index is 4.11. The highest BCUT2D eigenvalue weighted by Gasteiger charge is 2.20. The molecule has 2 atom stereocenters. The zero-order valence-corrected chi connectivity index (χ0v) is 11.9. The Kier molecular flexibility index (Phi) is 7.00. The summed E-state index contributed by atoms with van der Waals surface area (Å²) in [5.74, 6) is 0. The molecule has 0 aliphatic rings. The fourth-order valence-corrected chi connectivity index (χ4v) is 3.70. The molecule has 1 heterocycles. The molecule has 0 amide bonds. The largest absolute Gasteiger partial charge is 0.313 e. The van der Waals surface area contributed by atoms with Crippen molar-refractivity contribution in [1.29, 1.82) is 0 Å². The minimum atomic E-state index is 0.592. The minimum Gasteiger partial charge on any atom is -0.313 e. The number of hydrogen-bond donors (Lipinski definition) is 1. The van der Waals surface area contributed by atoms with Crippen molar-refractivity contribution < 1.29 is 0 Å². The molecule has 0 aromatic carbocycles. The van der Waals surface area contributed by atoms with E-state index in [-0.39, 0.29) is 0 Å². The summed E-state index contributed by atoms with van der Waals surface area (Å²) in [6.07, 6.45) is 3.63. The predicted molar refractivity (Wildman–Crippen MR) is 72.2 cm³/mol.